The Morgan fingerprint density at radius 2 is 1.96 bits per heavy atom. The van der Waals surface area contributed by atoms with Crippen LogP contribution < -0.4 is 5.32 Å². The second-order valence-corrected chi connectivity index (χ2v) is 6.42. The Morgan fingerprint density at radius 3 is 2.75 bits per heavy atom. The number of hydrogen-bond acceptors (Lipinski definition) is 4. The zero-order chi connectivity index (χ0) is 17.1. The van der Waals surface area contributed by atoms with Crippen molar-refractivity contribution < 1.29 is 18.7 Å². The van der Waals surface area contributed by atoms with Gasteiger partial charge in [0.2, 0.25) is 0 Å². The van der Waals surface area contributed by atoms with Gasteiger partial charge in [0.15, 0.2) is 6.61 Å². The number of thiophene rings is 1. The van der Waals surface area contributed by atoms with Gasteiger partial charge in [-0.2, -0.15) is 0 Å². The number of hydrogen-bond donors (Lipinski definition) is 1. The fourth-order valence-corrected chi connectivity index (χ4v) is 3.19. The van der Waals surface area contributed by atoms with Gasteiger partial charge >= 0.3 is 5.97 Å². The van der Waals surface area contributed by atoms with Crippen LogP contribution in [0.25, 0.3) is 10.1 Å². The molecule has 0 unspecified atom stereocenters. The summed E-state index contributed by atoms with van der Waals surface area (Å²) in [5, 5.41) is 3.53. The molecule has 1 N–H and O–H groups in total. The van der Waals surface area contributed by atoms with Gasteiger partial charge in [0.05, 0.1) is 5.69 Å². The highest BCUT2D eigenvalue weighted by Gasteiger charge is 2.14. The molecule has 1 amide bonds. The molecule has 1 heterocycles. The van der Waals surface area contributed by atoms with Crippen molar-refractivity contribution in [1.29, 1.82) is 0 Å². The van der Waals surface area contributed by atoms with Gasteiger partial charge in [0.25, 0.3) is 5.91 Å². The normalized spacial score (nSPS) is 10.6. The molecule has 0 bridgehead atoms. The first-order chi connectivity index (χ1) is 11.5. The molecule has 122 valence electrons. The van der Waals surface area contributed by atoms with Gasteiger partial charge in [0, 0.05) is 9.72 Å². The van der Waals surface area contributed by atoms with E-state index >= 15 is 0 Å². The Kier molecular flexibility index (Phi) is 4.78. The van der Waals surface area contributed by atoms with E-state index in [0.29, 0.717) is 4.88 Å². The molecule has 24 heavy (non-hydrogen) atoms. The maximum atomic E-state index is 13.5. The van der Waals surface area contributed by atoms with Crippen molar-refractivity contribution in [3.05, 3.63) is 64.2 Å². The zero-order valence-corrected chi connectivity index (χ0v) is 13.8. The fourth-order valence-electron chi connectivity index (χ4n) is 2.06. The van der Waals surface area contributed by atoms with Crippen molar-refractivity contribution in [2.24, 2.45) is 0 Å². The number of fused-ring (bicyclic) bond motifs is 1. The molecule has 0 fully saturated rings. The predicted molar refractivity (Wildman–Crippen MR) is 92.1 cm³/mol. The summed E-state index contributed by atoms with van der Waals surface area (Å²) < 4.78 is 19.5. The summed E-state index contributed by atoms with van der Waals surface area (Å²) >= 11 is 7.03. The molecule has 7 heteroatoms. The minimum absolute atomic E-state index is 0.0644. The average Bonchev–Trinajstić information content (AvgIpc) is 3.00. The lowest BCUT2D eigenvalue weighted by atomic mass is 10.2. The minimum Gasteiger partial charge on any atom is -0.451 e. The number of carbonyl (C=O) groups is 2. The number of carbonyl (C=O) groups excluding carboxylic acids is 2. The number of amides is 1. The molecular formula is C17H11ClFNO3S. The molecule has 1 aromatic heterocycles. The third-order valence-electron chi connectivity index (χ3n) is 3.16. The average molecular weight is 364 g/mol. The number of esters is 1. The van der Waals surface area contributed by atoms with Crippen LogP contribution in [0.4, 0.5) is 10.1 Å². The van der Waals surface area contributed by atoms with Gasteiger partial charge < -0.3 is 10.1 Å². The van der Waals surface area contributed by atoms with Crippen LogP contribution in [-0.4, -0.2) is 18.5 Å². The monoisotopic (exact) mass is 363 g/mol. The van der Waals surface area contributed by atoms with E-state index < -0.39 is 24.3 Å². The van der Waals surface area contributed by atoms with Crippen molar-refractivity contribution in [3.63, 3.8) is 0 Å². The van der Waals surface area contributed by atoms with Crippen LogP contribution in [0.15, 0.2) is 48.5 Å². The van der Waals surface area contributed by atoms with E-state index in [1.807, 2.05) is 24.3 Å². The highest BCUT2D eigenvalue weighted by Crippen LogP contribution is 2.25. The molecular weight excluding hydrogens is 353 g/mol. The quantitative estimate of drug-likeness (QED) is 0.695. The van der Waals surface area contributed by atoms with Crippen LogP contribution in [0.1, 0.15) is 9.67 Å². The molecule has 0 aliphatic carbocycles. The summed E-state index contributed by atoms with van der Waals surface area (Å²) in [6.45, 7) is -0.515. The Hall–Kier alpha value is -2.44. The van der Waals surface area contributed by atoms with Crippen LogP contribution in [0, 0.1) is 5.82 Å². The second kappa shape index (κ2) is 6.98. The Labute approximate surface area is 145 Å². The first kappa shape index (κ1) is 16.4. The van der Waals surface area contributed by atoms with E-state index in [9.17, 15) is 14.0 Å². The van der Waals surface area contributed by atoms with Crippen molar-refractivity contribution in [3.8, 4) is 0 Å². The Bertz CT molecular complexity index is 892. The standard InChI is InChI=1S/C17H11ClFNO3S/c18-11-5-6-12(19)13(8-11)20-16(21)9-23-17(22)15-7-10-3-1-2-4-14(10)24-15/h1-8H,9H2,(H,20,21). The molecule has 0 atom stereocenters. The number of ether oxygens (including phenoxy) is 1. The van der Waals surface area contributed by atoms with Gasteiger partial charge in [-0.3, -0.25) is 4.79 Å². The Morgan fingerprint density at radius 1 is 1.17 bits per heavy atom. The minimum atomic E-state index is -0.648. The maximum absolute atomic E-state index is 13.5. The summed E-state index contributed by atoms with van der Waals surface area (Å²) in [4.78, 5) is 24.2. The predicted octanol–water partition coefficient (Wildman–Crippen LogP) is 4.49. The maximum Gasteiger partial charge on any atom is 0.348 e. The largest absolute Gasteiger partial charge is 0.451 e. The highest BCUT2D eigenvalue weighted by molar-refractivity contribution is 7.20. The van der Waals surface area contributed by atoms with Crippen LogP contribution in [0.2, 0.25) is 5.02 Å². The molecule has 0 aliphatic heterocycles. The number of benzene rings is 2. The molecule has 3 rings (SSSR count). The summed E-state index contributed by atoms with van der Waals surface area (Å²) in [5.74, 6) is -1.87. The van der Waals surface area contributed by atoms with E-state index in [0.717, 1.165) is 16.2 Å². The molecule has 4 nitrogen and oxygen atoms in total. The van der Waals surface area contributed by atoms with Gasteiger partial charge in [-0.25, -0.2) is 9.18 Å². The Balaban J connectivity index is 1.61. The highest BCUT2D eigenvalue weighted by atomic mass is 35.5. The van der Waals surface area contributed by atoms with Crippen molar-refractivity contribution in [2.45, 2.75) is 0 Å². The van der Waals surface area contributed by atoms with Gasteiger partial charge in [-0.15, -0.1) is 11.3 Å². The van der Waals surface area contributed by atoms with Crippen molar-refractivity contribution in [2.75, 3.05) is 11.9 Å². The van der Waals surface area contributed by atoms with Crippen molar-refractivity contribution in [1.82, 2.24) is 0 Å². The van der Waals surface area contributed by atoms with Crippen LogP contribution in [0.3, 0.4) is 0 Å². The SMILES string of the molecule is O=C(COC(=O)c1cc2ccccc2s1)Nc1cc(Cl)ccc1F. The van der Waals surface area contributed by atoms with E-state index in [4.69, 9.17) is 16.3 Å². The summed E-state index contributed by atoms with van der Waals surface area (Å²) in [7, 11) is 0. The van der Waals surface area contributed by atoms with Gasteiger partial charge in [-0.1, -0.05) is 29.8 Å². The van der Waals surface area contributed by atoms with Crippen LogP contribution in [-0.2, 0) is 9.53 Å². The lowest BCUT2D eigenvalue weighted by Gasteiger charge is -2.07. The molecule has 2 aromatic carbocycles. The first-order valence-corrected chi connectivity index (χ1v) is 8.13. The molecule has 0 aliphatic rings. The summed E-state index contributed by atoms with van der Waals surface area (Å²) in [6.07, 6.45) is 0. The van der Waals surface area contributed by atoms with Crippen LogP contribution in [0.5, 0.6) is 0 Å². The first-order valence-electron chi connectivity index (χ1n) is 6.93. The van der Waals surface area contributed by atoms with Crippen LogP contribution >= 0.6 is 22.9 Å². The topological polar surface area (TPSA) is 55.4 Å². The molecule has 0 radical (unpaired) electrons. The molecule has 3 aromatic rings. The number of nitrogens with one attached hydrogen (secondary N) is 1. The van der Waals surface area contributed by atoms with Gasteiger partial charge in [-0.05, 0) is 35.7 Å². The van der Waals surface area contributed by atoms with E-state index in [1.165, 1.54) is 23.5 Å². The van der Waals surface area contributed by atoms with Crippen molar-refractivity contribution >= 4 is 50.6 Å². The number of rotatable bonds is 4. The zero-order valence-electron chi connectivity index (χ0n) is 12.2. The molecule has 0 saturated heterocycles. The third-order valence-corrected chi connectivity index (χ3v) is 4.49. The van der Waals surface area contributed by atoms with E-state index in [-0.39, 0.29) is 10.7 Å². The molecule has 0 saturated carbocycles. The second-order valence-electron chi connectivity index (χ2n) is 4.90. The van der Waals surface area contributed by atoms with E-state index in [1.54, 1.807) is 6.07 Å². The van der Waals surface area contributed by atoms with E-state index in [2.05, 4.69) is 5.32 Å². The summed E-state index contributed by atoms with van der Waals surface area (Å²) in [6, 6.07) is 13.0. The molecule has 0 spiro atoms. The number of halogens is 2. The fraction of sp³-hybridized carbons (Fsp3) is 0.0588. The summed E-state index contributed by atoms with van der Waals surface area (Å²) in [5.41, 5.74) is -0.0644. The van der Waals surface area contributed by atoms with Gasteiger partial charge in [0.1, 0.15) is 10.7 Å². The number of anilines is 1. The lowest BCUT2D eigenvalue weighted by Crippen LogP contribution is -2.21. The third kappa shape index (κ3) is 3.72. The lowest BCUT2D eigenvalue weighted by molar-refractivity contribution is -0.119. The smallest absolute Gasteiger partial charge is 0.348 e.